The number of hydrogen-bond acceptors (Lipinski definition) is 6. The van der Waals surface area contributed by atoms with Crippen LogP contribution in [0.1, 0.15) is 50.3 Å². The van der Waals surface area contributed by atoms with Gasteiger partial charge in [0.05, 0.1) is 17.5 Å². The summed E-state index contributed by atoms with van der Waals surface area (Å²) < 4.78 is 39.8. The molecule has 0 spiro atoms. The van der Waals surface area contributed by atoms with Crippen molar-refractivity contribution in [3.63, 3.8) is 0 Å². The maximum Gasteiger partial charge on any atom is 0.304 e. The van der Waals surface area contributed by atoms with E-state index in [2.05, 4.69) is 23.9 Å². The largest absolute Gasteiger partial charge is 0.434 e. The molecule has 1 fully saturated rings. The Balaban J connectivity index is 2.13. The summed E-state index contributed by atoms with van der Waals surface area (Å²) in [6, 6.07) is 3.33. The van der Waals surface area contributed by atoms with Crippen LogP contribution in [0.2, 0.25) is 0 Å². The summed E-state index contributed by atoms with van der Waals surface area (Å²) in [5, 5.41) is 3.33. The molecule has 29 heavy (non-hydrogen) atoms. The van der Waals surface area contributed by atoms with Gasteiger partial charge in [-0.1, -0.05) is 31.5 Å². The van der Waals surface area contributed by atoms with Gasteiger partial charge in [-0.15, -0.1) is 0 Å². The predicted molar refractivity (Wildman–Crippen MR) is 112 cm³/mol. The van der Waals surface area contributed by atoms with E-state index in [0.29, 0.717) is 36.8 Å². The molecule has 164 valence electrons. The van der Waals surface area contributed by atoms with Crippen molar-refractivity contribution in [2.75, 3.05) is 13.2 Å². The molecule has 0 aromatic heterocycles. The molecule has 2 N–H and O–H groups in total. The number of hydrogen-bond donors (Lipinski definition) is 2. The Hall–Kier alpha value is -1.48. The Morgan fingerprint density at radius 1 is 1.24 bits per heavy atom. The van der Waals surface area contributed by atoms with Gasteiger partial charge in [0, 0.05) is 19.5 Å². The second kappa shape index (κ2) is 10.0. The molecule has 0 radical (unpaired) electrons. The highest BCUT2D eigenvalue weighted by Gasteiger charge is 2.32. The summed E-state index contributed by atoms with van der Waals surface area (Å²) in [6.45, 7) is 12.0. The van der Waals surface area contributed by atoms with Crippen LogP contribution in [0.25, 0.3) is 0 Å². The van der Waals surface area contributed by atoms with E-state index in [-0.39, 0.29) is 12.1 Å². The molecular formula is C21H34N2O5S. The molecule has 8 heteroatoms. The van der Waals surface area contributed by atoms with Crippen molar-refractivity contribution in [2.45, 2.75) is 77.7 Å². The minimum Gasteiger partial charge on any atom is -0.434 e. The number of carbonyl (C=O) groups excluding carboxylic acids is 1. The zero-order valence-corrected chi connectivity index (χ0v) is 19.1. The van der Waals surface area contributed by atoms with Gasteiger partial charge in [0.25, 0.3) is 0 Å². The Bertz CT molecular complexity index is 799. The van der Waals surface area contributed by atoms with Gasteiger partial charge in [-0.25, -0.2) is 13.1 Å². The van der Waals surface area contributed by atoms with Gasteiger partial charge in [-0.05, 0) is 50.7 Å². The number of carbonyl (C=O) groups is 1. The second-order valence-corrected chi connectivity index (χ2v) is 9.98. The minimum absolute atomic E-state index is 0.152. The van der Waals surface area contributed by atoms with Crippen LogP contribution < -0.4 is 10.0 Å². The monoisotopic (exact) mass is 426 g/mol. The third-order valence-corrected chi connectivity index (χ3v) is 6.72. The number of nitrogens with one attached hydrogen (secondary N) is 2. The van der Waals surface area contributed by atoms with E-state index in [0.717, 1.165) is 16.7 Å². The molecule has 1 aliphatic heterocycles. The molecule has 7 nitrogen and oxygen atoms in total. The molecule has 1 aromatic rings. The van der Waals surface area contributed by atoms with E-state index in [1.165, 1.54) is 6.92 Å². The van der Waals surface area contributed by atoms with Gasteiger partial charge in [-0.2, -0.15) is 0 Å². The average Bonchev–Trinajstić information content (AvgIpc) is 2.96. The van der Waals surface area contributed by atoms with Crippen LogP contribution in [0.4, 0.5) is 0 Å². The fourth-order valence-electron chi connectivity index (χ4n) is 3.95. The van der Waals surface area contributed by atoms with E-state index in [4.69, 9.17) is 9.47 Å². The van der Waals surface area contributed by atoms with Crippen molar-refractivity contribution < 1.29 is 22.7 Å². The van der Waals surface area contributed by atoms with Crippen molar-refractivity contribution in [2.24, 2.45) is 5.92 Å². The Morgan fingerprint density at radius 3 is 2.41 bits per heavy atom. The zero-order chi connectivity index (χ0) is 21.8. The lowest BCUT2D eigenvalue weighted by Gasteiger charge is -2.25. The first-order chi connectivity index (χ1) is 13.5. The van der Waals surface area contributed by atoms with Crippen LogP contribution in [0, 0.1) is 26.7 Å². The van der Waals surface area contributed by atoms with E-state index in [1.807, 2.05) is 32.9 Å². The second-order valence-electron chi connectivity index (χ2n) is 8.33. The molecule has 0 aliphatic carbocycles. The molecule has 0 bridgehead atoms. The average molecular weight is 427 g/mol. The van der Waals surface area contributed by atoms with Crippen molar-refractivity contribution in [1.82, 2.24) is 10.0 Å². The number of esters is 1. The SMILES string of the molecule is CC(=O)O[C@@H]1OCC[C@@H]1NC[C@@H](CC(C)C)NS(=O)(=O)c1c(C)cc(C)cc1C. The summed E-state index contributed by atoms with van der Waals surface area (Å²) >= 11 is 0. The van der Waals surface area contributed by atoms with Crippen molar-refractivity contribution in [1.29, 1.82) is 0 Å². The van der Waals surface area contributed by atoms with E-state index in [1.54, 1.807) is 0 Å². The maximum absolute atomic E-state index is 13.2. The first-order valence-corrected chi connectivity index (χ1v) is 11.6. The van der Waals surface area contributed by atoms with E-state index >= 15 is 0 Å². The van der Waals surface area contributed by atoms with Crippen molar-refractivity contribution in [3.8, 4) is 0 Å². The quantitative estimate of drug-likeness (QED) is 0.590. The molecule has 0 saturated carbocycles. The maximum atomic E-state index is 13.2. The van der Waals surface area contributed by atoms with Crippen LogP contribution in [0.3, 0.4) is 0 Å². The fourth-order valence-corrected chi connectivity index (χ4v) is 5.65. The van der Waals surface area contributed by atoms with Gasteiger partial charge >= 0.3 is 5.97 Å². The molecule has 1 heterocycles. The number of aryl methyl sites for hydroxylation is 3. The molecule has 1 aliphatic rings. The Kier molecular flexibility index (Phi) is 8.22. The zero-order valence-electron chi connectivity index (χ0n) is 18.2. The first-order valence-electron chi connectivity index (χ1n) is 10.1. The topological polar surface area (TPSA) is 93.7 Å². The number of sulfonamides is 1. The van der Waals surface area contributed by atoms with Gasteiger partial charge in [0.15, 0.2) is 0 Å². The Labute approximate surface area is 174 Å². The predicted octanol–water partition coefficient (Wildman–Crippen LogP) is 2.57. The molecule has 1 saturated heterocycles. The molecule has 1 aromatic carbocycles. The van der Waals surface area contributed by atoms with Crippen molar-refractivity contribution >= 4 is 16.0 Å². The van der Waals surface area contributed by atoms with Gasteiger partial charge in [0.1, 0.15) is 0 Å². The third kappa shape index (κ3) is 6.77. The molecular weight excluding hydrogens is 392 g/mol. The third-order valence-electron chi connectivity index (χ3n) is 4.90. The van der Waals surface area contributed by atoms with Crippen LogP contribution in [0.15, 0.2) is 17.0 Å². The number of ether oxygens (including phenoxy) is 2. The van der Waals surface area contributed by atoms with Crippen molar-refractivity contribution in [3.05, 3.63) is 28.8 Å². The molecule has 0 amide bonds. The van der Waals surface area contributed by atoms with Crippen LogP contribution in [0.5, 0.6) is 0 Å². The van der Waals surface area contributed by atoms with Gasteiger partial charge < -0.3 is 14.8 Å². The normalized spacial score (nSPS) is 20.8. The Morgan fingerprint density at radius 2 is 1.86 bits per heavy atom. The standard InChI is InChI=1S/C21H34N2O5S/c1-13(2)9-18(12-22-19-7-8-27-21(19)28-17(6)24)23-29(25,26)20-15(4)10-14(3)11-16(20)5/h10-11,13,18-19,21-23H,7-9,12H2,1-6H3/t18-,19+,21+/m1/s1. The lowest BCUT2D eigenvalue weighted by molar-refractivity contribution is -0.170. The number of benzene rings is 1. The summed E-state index contributed by atoms with van der Waals surface area (Å²) in [6.07, 6.45) is 0.752. The van der Waals surface area contributed by atoms with Crippen LogP contribution in [-0.4, -0.2) is 45.9 Å². The summed E-state index contributed by atoms with van der Waals surface area (Å²) in [5.41, 5.74) is 2.52. The van der Waals surface area contributed by atoms with E-state index < -0.39 is 22.3 Å². The lowest BCUT2D eigenvalue weighted by atomic mass is 10.0. The van der Waals surface area contributed by atoms with Gasteiger partial charge in [-0.3, -0.25) is 4.79 Å². The lowest BCUT2D eigenvalue weighted by Crippen LogP contribution is -2.48. The highest BCUT2D eigenvalue weighted by Crippen LogP contribution is 2.23. The van der Waals surface area contributed by atoms with Crippen LogP contribution >= 0.6 is 0 Å². The van der Waals surface area contributed by atoms with E-state index in [9.17, 15) is 13.2 Å². The first kappa shape index (κ1) is 23.8. The highest BCUT2D eigenvalue weighted by molar-refractivity contribution is 7.89. The summed E-state index contributed by atoms with van der Waals surface area (Å²) in [7, 11) is -3.67. The fraction of sp³-hybridized carbons (Fsp3) is 0.667. The molecule has 3 atom stereocenters. The van der Waals surface area contributed by atoms with Crippen LogP contribution in [-0.2, 0) is 24.3 Å². The molecule has 0 unspecified atom stereocenters. The summed E-state index contributed by atoms with van der Waals surface area (Å²) in [5.74, 6) is -0.0812. The van der Waals surface area contributed by atoms with Gasteiger partial charge in [0.2, 0.25) is 16.3 Å². The highest BCUT2D eigenvalue weighted by atomic mass is 32.2. The summed E-state index contributed by atoms with van der Waals surface area (Å²) in [4.78, 5) is 11.6. The number of rotatable bonds is 9. The molecule has 2 rings (SSSR count). The minimum atomic E-state index is -3.67. The smallest absolute Gasteiger partial charge is 0.304 e.